The fourth-order valence-electron chi connectivity index (χ4n) is 4.04. The molecule has 4 heterocycles. The first-order valence-electron chi connectivity index (χ1n) is 11.4. The molecular weight excluding hydrogens is 442 g/mol. The summed E-state index contributed by atoms with van der Waals surface area (Å²) in [4.78, 5) is 15.4. The Morgan fingerprint density at radius 3 is 2.64 bits per heavy atom. The van der Waals surface area contributed by atoms with Crippen molar-refractivity contribution in [1.82, 2.24) is 18.8 Å². The highest BCUT2D eigenvalue weighted by molar-refractivity contribution is 7.87. The lowest BCUT2D eigenvalue weighted by atomic mass is 10.2. The molecule has 1 aromatic heterocycles. The van der Waals surface area contributed by atoms with Crippen LogP contribution in [0.25, 0.3) is 5.69 Å². The van der Waals surface area contributed by atoms with Gasteiger partial charge in [-0.05, 0) is 50.3 Å². The SMILES string of the molecule is Cc1cccc(-n2ncc3c(c2=O)OCCCC/C=C/CCNS(=O)(=O)N2CCN3CC2)c1. The second-order valence-corrected chi connectivity index (χ2v) is 10.1. The number of fused-ring (bicyclic) bond motifs is 11. The second-order valence-electron chi connectivity index (χ2n) is 8.30. The van der Waals surface area contributed by atoms with Gasteiger partial charge >= 0.3 is 5.56 Å². The van der Waals surface area contributed by atoms with Crippen molar-refractivity contribution in [3.05, 3.63) is 58.5 Å². The summed E-state index contributed by atoms with van der Waals surface area (Å²) in [6.07, 6.45) is 8.99. The Kier molecular flexibility index (Phi) is 7.46. The molecule has 0 radical (unpaired) electrons. The number of anilines is 1. The summed E-state index contributed by atoms with van der Waals surface area (Å²) in [6.45, 7) is 4.34. The highest BCUT2D eigenvalue weighted by Gasteiger charge is 2.29. The van der Waals surface area contributed by atoms with Crippen LogP contribution in [0.2, 0.25) is 0 Å². The molecule has 2 bridgehead atoms. The Morgan fingerprint density at radius 2 is 1.85 bits per heavy atom. The van der Waals surface area contributed by atoms with E-state index in [9.17, 15) is 13.2 Å². The number of aromatic nitrogens is 2. The van der Waals surface area contributed by atoms with Crippen LogP contribution < -0.4 is 19.9 Å². The normalized spacial score (nSPS) is 21.1. The molecule has 3 aliphatic rings. The molecule has 0 aliphatic carbocycles. The number of nitrogens with zero attached hydrogens (tertiary/aromatic N) is 4. The Balaban J connectivity index is 1.66. The molecule has 1 aromatic carbocycles. The van der Waals surface area contributed by atoms with Gasteiger partial charge in [0.05, 0.1) is 18.5 Å². The number of hydrogen-bond donors (Lipinski definition) is 1. The number of nitrogens with one attached hydrogen (secondary N) is 1. The van der Waals surface area contributed by atoms with E-state index in [0.717, 1.165) is 24.8 Å². The van der Waals surface area contributed by atoms with E-state index >= 15 is 0 Å². The predicted octanol–water partition coefficient (Wildman–Crippen LogP) is 2.01. The van der Waals surface area contributed by atoms with E-state index in [1.165, 1.54) is 8.99 Å². The first-order valence-corrected chi connectivity index (χ1v) is 12.9. The number of benzene rings is 1. The fraction of sp³-hybridized carbons (Fsp3) is 0.478. The Bertz CT molecular complexity index is 1150. The first-order chi connectivity index (χ1) is 16.0. The zero-order valence-corrected chi connectivity index (χ0v) is 19.8. The molecule has 0 spiro atoms. The molecule has 1 saturated heterocycles. The molecule has 3 aliphatic heterocycles. The fourth-order valence-corrected chi connectivity index (χ4v) is 5.24. The van der Waals surface area contributed by atoms with Gasteiger partial charge in [-0.1, -0.05) is 24.3 Å². The number of rotatable bonds is 1. The number of ether oxygens (including phenoxy) is 1. The van der Waals surface area contributed by atoms with Gasteiger partial charge < -0.3 is 9.64 Å². The molecular formula is C23H31N5O4S. The van der Waals surface area contributed by atoms with Gasteiger partial charge in [0.25, 0.3) is 10.2 Å². The highest BCUT2D eigenvalue weighted by atomic mass is 32.2. The van der Waals surface area contributed by atoms with Crippen molar-refractivity contribution in [2.24, 2.45) is 0 Å². The summed E-state index contributed by atoms with van der Waals surface area (Å²) in [7, 11) is -3.53. The zero-order valence-electron chi connectivity index (χ0n) is 18.9. The van der Waals surface area contributed by atoms with E-state index in [-0.39, 0.29) is 11.3 Å². The van der Waals surface area contributed by atoms with Crippen LogP contribution in [0.1, 0.15) is 31.2 Å². The van der Waals surface area contributed by atoms with Crippen LogP contribution >= 0.6 is 0 Å². The average molecular weight is 474 g/mol. The lowest BCUT2D eigenvalue weighted by molar-refractivity contribution is 0.299. The number of allylic oxidation sites excluding steroid dienone is 1. The summed E-state index contributed by atoms with van der Waals surface area (Å²) < 4.78 is 36.8. The Morgan fingerprint density at radius 1 is 1.06 bits per heavy atom. The van der Waals surface area contributed by atoms with Crippen molar-refractivity contribution in [3.8, 4) is 11.4 Å². The standard InChI is InChI=1S/C23H31N5O4S/c1-19-9-8-10-20(17-19)28-23(29)22-21(18-24-28)26-12-14-27(15-13-26)33(30,31)25-11-6-4-2-3-5-7-16-32-22/h2,4,8-10,17-18,25H,3,5-7,11-16H2,1H3/b4-2+. The average Bonchev–Trinajstić information content (AvgIpc) is 2.81. The van der Waals surface area contributed by atoms with E-state index in [0.29, 0.717) is 57.1 Å². The Hall–Kier alpha value is -2.69. The van der Waals surface area contributed by atoms with Crippen molar-refractivity contribution >= 4 is 15.9 Å². The van der Waals surface area contributed by atoms with Crippen LogP contribution in [0.15, 0.2) is 47.4 Å². The van der Waals surface area contributed by atoms with Crippen LogP contribution in [0.4, 0.5) is 5.69 Å². The van der Waals surface area contributed by atoms with Crippen LogP contribution in [0.3, 0.4) is 0 Å². The molecule has 0 amide bonds. The summed E-state index contributed by atoms with van der Waals surface area (Å²) in [5.41, 5.74) is 2.01. The van der Waals surface area contributed by atoms with Gasteiger partial charge in [-0.2, -0.15) is 22.5 Å². The minimum atomic E-state index is -3.53. The summed E-state index contributed by atoms with van der Waals surface area (Å²) in [5, 5.41) is 4.42. The van der Waals surface area contributed by atoms with Gasteiger partial charge in [0.2, 0.25) is 5.75 Å². The third kappa shape index (κ3) is 5.63. The van der Waals surface area contributed by atoms with Crippen molar-refractivity contribution in [1.29, 1.82) is 0 Å². The topological polar surface area (TPSA) is 96.8 Å². The van der Waals surface area contributed by atoms with Gasteiger partial charge in [0, 0.05) is 32.7 Å². The van der Waals surface area contributed by atoms with Crippen LogP contribution in [0.5, 0.6) is 5.75 Å². The second kappa shape index (κ2) is 10.5. The maximum absolute atomic E-state index is 13.4. The monoisotopic (exact) mass is 473 g/mol. The maximum Gasteiger partial charge on any atom is 0.316 e. The molecule has 33 heavy (non-hydrogen) atoms. The number of aryl methyl sites for hydroxylation is 1. The van der Waals surface area contributed by atoms with E-state index in [4.69, 9.17) is 4.74 Å². The van der Waals surface area contributed by atoms with Crippen LogP contribution in [0, 0.1) is 6.92 Å². The van der Waals surface area contributed by atoms with Crippen molar-refractivity contribution in [2.75, 3.05) is 44.2 Å². The van der Waals surface area contributed by atoms with Crippen molar-refractivity contribution < 1.29 is 13.2 Å². The smallest absolute Gasteiger partial charge is 0.316 e. The molecule has 1 N–H and O–H groups in total. The zero-order chi connectivity index (χ0) is 23.3. The van der Waals surface area contributed by atoms with Gasteiger partial charge in [0.1, 0.15) is 5.69 Å². The number of hydrogen-bond acceptors (Lipinski definition) is 6. The van der Waals surface area contributed by atoms with Gasteiger partial charge in [-0.15, -0.1) is 0 Å². The lowest BCUT2D eigenvalue weighted by Crippen LogP contribution is -2.52. The molecule has 10 heteroatoms. The minimum absolute atomic E-state index is 0.265. The van der Waals surface area contributed by atoms with E-state index in [1.807, 2.05) is 42.2 Å². The molecule has 178 valence electrons. The van der Waals surface area contributed by atoms with Gasteiger partial charge in [0.15, 0.2) is 0 Å². The Labute approximate surface area is 194 Å². The predicted molar refractivity (Wildman–Crippen MR) is 128 cm³/mol. The molecule has 2 aromatic rings. The summed E-state index contributed by atoms with van der Waals surface area (Å²) >= 11 is 0. The molecule has 0 atom stereocenters. The van der Waals surface area contributed by atoms with Crippen LogP contribution in [-0.4, -0.2) is 61.8 Å². The molecule has 1 fully saturated rings. The van der Waals surface area contributed by atoms with E-state index < -0.39 is 10.2 Å². The molecule has 5 rings (SSSR count). The quantitative estimate of drug-likeness (QED) is 0.637. The highest BCUT2D eigenvalue weighted by Crippen LogP contribution is 2.26. The van der Waals surface area contributed by atoms with E-state index in [1.54, 1.807) is 6.20 Å². The van der Waals surface area contributed by atoms with Crippen LogP contribution in [-0.2, 0) is 10.2 Å². The van der Waals surface area contributed by atoms with E-state index in [2.05, 4.69) is 15.9 Å². The third-order valence-electron chi connectivity index (χ3n) is 5.85. The third-order valence-corrected chi connectivity index (χ3v) is 7.47. The van der Waals surface area contributed by atoms with Gasteiger partial charge in [-0.25, -0.2) is 4.72 Å². The largest absolute Gasteiger partial charge is 0.486 e. The lowest BCUT2D eigenvalue weighted by Gasteiger charge is -2.35. The van der Waals surface area contributed by atoms with Crippen molar-refractivity contribution in [2.45, 2.75) is 32.6 Å². The number of piperazine rings is 1. The van der Waals surface area contributed by atoms with Gasteiger partial charge in [-0.3, -0.25) is 4.79 Å². The summed E-state index contributed by atoms with van der Waals surface area (Å²) in [6, 6.07) is 7.60. The molecule has 0 saturated carbocycles. The minimum Gasteiger partial charge on any atom is -0.486 e. The molecule has 9 nitrogen and oxygen atoms in total. The molecule has 0 unspecified atom stereocenters. The maximum atomic E-state index is 13.4. The van der Waals surface area contributed by atoms with Crippen molar-refractivity contribution in [3.63, 3.8) is 0 Å². The summed E-state index contributed by atoms with van der Waals surface area (Å²) in [5.74, 6) is 0.265. The first kappa shape index (κ1) is 23.5.